The number of carbonyl (C=O) groups is 1. The van der Waals surface area contributed by atoms with Crippen LogP contribution in [0.4, 0.5) is 5.69 Å². The summed E-state index contributed by atoms with van der Waals surface area (Å²) in [5.41, 5.74) is 0.721. The molecular formula is C14H17N3O3. The number of aromatic nitrogens is 1. The zero-order valence-electron chi connectivity index (χ0n) is 11.5. The van der Waals surface area contributed by atoms with Crippen molar-refractivity contribution < 1.29 is 9.72 Å². The maximum atomic E-state index is 11.9. The van der Waals surface area contributed by atoms with Crippen LogP contribution in [0.3, 0.4) is 0 Å². The fraction of sp³-hybridized carbons (Fsp3) is 0.357. The average molecular weight is 275 g/mol. The molecule has 1 atom stereocenters. The summed E-state index contributed by atoms with van der Waals surface area (Å²) in [7, 11) is 0. The van der Waals surface area contributed by atoms with Crippen molar-refractivity contribution in [3.8, 4) is 0 Å². The molecule has 0 aliphatic heterocycles. The maximum Gasteiger partial charge on any atom is 0.271 e. The van der Waals surface area contributed by atoms with Gasteiger partial charge in [0, 0.05) is 29.8 Å². The van der Waals surface area contributed by atoms with E-state index in [1.807, 2.05) is 19.9 Å². The number of non-ortho nitro benzene ring substituents is 1. The Kier molecular flexibility index (Phi) is 4.02. The molecule has 0 unspecified atom stereocenters. The van der Waals surface area contributed by atoms with Crippen LogP contribution >= 0.6 is 0 Å². The predicted molar refractivity (Wildman–Crippen MR) is 76.5 cm³/mol. The van der Waals surface area contributed by atoms with Crippen LogP contribution < -0.4 is 5.32 Å². The number of nitro groups is 1. The van der Waals surface area contributed by atoms with Crippen molar-refractivity contribution in [3.63, 3.8) is 0 Å². The number of nitrogens with zero attached hydrogens (tertiary/aromatic N) is 2. The Bertz CT molecular complexity index is 648. The van der Waals surface area contributed by atoms with Crippen molar-refractivity contribution in [2.75, 3.05) is 0 Å². The number of hydrogen-bond donors (Lipinski definition) is 1. The molecule has 1 aromatic heterocycles. The Morgan fingerprint density at radius 3 is 2.85 bits per heavy atom. The van der Waals surface area contributed by atoms with Crippen molar-refractivity contribution >= 4 is 22.5 Å². The number of nitro benzene ring substituents is 1. The Morgan fingerprint density at radius 2 is 2.20 bits per heavy atom. The highest BCUT2D eigenvalue weighted by Gasteiger charge is 2.12. The van der Waals surface area contributed by atoms with Crippen LogP contribution in [-0.4, -0.2) is 21.4 Å². The SMILES string of the molecule is CC[C@H](C)NC(=O)Cn1ccc2ccc([N+](=O)[O-])cc21. The third-order valence-electron chi connectivity index (χ3n) is 3.30. The molecule has 2 rings (SSSR count). The second kappa shape index (κ2) is 5.73. The number of benzene rings is 1. The van der Waals surface area contributed by atoms with Crippen molar-refractivity contribution in [2.24, 2.45) is 0 Å². The van der Waals surface area contributed by atoms with E-state index in [1.54, 1.807) is 16.8 Å². The largest absolute Gasteiger partial charge is 0.352 e. The van der Waals surface area contributed by atoms with Gasteiger partial charge in [-0.1, -0.05) is 6.92 Å². The van der Waals surface area contributed by atoms with Gasteiger partial charge in [0.25, 0.3) is 5.69 Å². The monoisotopic (exact) mass is 275 g/mol. The number of carbonyl (C=O) groups excluding carboxylic acids is 1. The third kappa shape index (κ3) is 2.96. The number of nitrogens with one attached hydrogen (secondary N) is 1. The zero-order chi connectivity index (χ0) is 14.7. The molecule has 2 aromatic rings. The van der Waals surface area contributed by atoms with E-state index in [9.17, 15) is 14.9 Å². The van der Waals surface area contributed by atoms with E-state index in [4.69, 9.17) is 0 Å². The van der Waals surface area contributed by atoms with Gasteiger partial charge in [-0.25, -0.2) is 0 Å². The van der Waals surface area contributed by atoms with Crippen molar-refractivity contribution in [3.05, 3.63) is 40.6 Å². The van der Waals surface area contributed by atoms with Gasteiger partial charge in [-0.05, 0) is 25.5 Å². The van der Waals surface area contributed by atoms with E-state index in [0.717, 1.165) is 11.8 Å². The van der Waals surface area contributed by atoms with Gasteiger partial charge in [-0.3, -0.25) is 14.9 Å². The third-order valence-corrected chi connectivity index (χ3v) is 3.30. The summed E-state index contributed by atoms with van der Waals surface area (Å²) < 4.78 is 1.72. The molecular weight excluding hydrogens is 258 g/mol. The van der Waals surface area contributed by atoms with E-state index >= 15 is 0 Å². The minimum Gasteiger partial charge on any atom is -0.352 e. The van der Waals surface area contributed by atoms with Crippen LogP contribution in [0.2, 0.25) is 0 Å². The lowest BCUT2D eigenvalue weighted by molar-refractivity contribution is -0.384. The lowest BCUT2D eigenvalue weighted by atomic mass is 10.2. The van der Waals surface area contributed by atoms with Crippen molar-refractivity contribution in [1.29, 1.82) is 0 Å². The van der Waals surface area contributed by atoms with E-state index in [-0.39, 0.29) is 24.2 Å². The van der Waals surface area contributed by atoms with Gasteiger partial charge in [-0.15, -0.1) is 0 Å². The summed E-state index contributed by atoms with van der Waals surface area (Å²) in [6.07, 6.45) is 2.63. The number of amides is 1. The molecule has 0 saturated heterocycles. The molecule has 6 heteroatoms. The molecule has 1 aromatic carbocycles. The Labute approximate surface area is 116 Å². The van der Waals surface area contributed by atoms with Crippen LogP contribution in [0.1, 0.15) is 20.3 Å². The van der Waals surface area contributed by atoms with Gasteiger partial charge in [-0.2, -0.15) is 0 Å². The zero-order valence-corrected chi connectivity index (χ0v) is 11.5. The van der Waals surface area contributed by atoms with Crippen LogP contribution in [0.15, 0.2) is 30.5 Å². The van der Waals surface area contributed by atoms with Crippen LogP contribution in [0.25, 0.3) is 10.9 Å². The predicted octanol–water partition coefficient (Wildman–Crippen LogP) is 2.46. The normalized spacial score (nSPS) is 12.3. The second-order valence-corrected chi connectivity index (χ2v) is 4.82. The summed E-state index contributed by atoms with van der Waals surface area (Å²) in [6, 6.07) is 6.61. The minimum absolute atomic E-state index is 0.0276. The molecule has 0 spiro atoms. The molecule has 0 radical (unpaired) electrons. The first-order valence-electron chi connectivity index (χ1n) is 6.54. The molecule has 1 N–H and O–H groups in total. The van der Waals surface area contributed by atoms with Crippen molar-refractivity contribution in [1.82, 2.24) is 9.88 Å². The molecule has 0 aliphatic rings. The molecule has 0 saturated carbocycles. The Morgan fingerprint density at radius 1 is 1.45 bits per heavy atom. The van der Waals surface area contributed by atoms with Gasteiger partial charge in [0.2, 0.25) is 5.91 Å². The first kappa shape index (κ1) is 14.0. The highest BCUT2D eigenvalue weighted by molar-refractivity contribution is 5.85. The highest BCUT2D eigenvalue weighted by Crippen LogP contribution is 2.21. The van der Waals surface area contributed by atoms with Gasteiger partial charge in [0.15, 0.2) is 0 Å². The minimum atomic E-state index is -0.435. The van der Waals surface area contributed by atoms with Crippen LogP contribution in [0, 0.1) is 10.1 Å². The maximum absolute atomic E-state index is 11.9. The van der Waals surface area contributed by atoms with Gasteiger partial charge in [0.1, 0.15) is 6.54 Å². The fourth-order valence-corrected chi connectivity index (χ4v) is 2.00. The summed E-state index contributed by atoms with van der Waals surface area (Å²) in [4.78, 5) is 22.2. The molecule has 106 valence electrons. The Hall–Kier alpha value is -2.37. The molecule has 0 fully saturated rings. The Balaban J connectivity index is 2.24. The molecule has 0 bridgehead atoms. The fourth-order valence-electron chi connectivity index (χ4n) is 2.00. The number of fused-ring (bicyclic) bond motifs is 1. The summed E-state index contributed by atoms with van der Waals surface area (Å²) >= 11 is 0. The lowest BCUT2D eigenvalue weighted by Crippen LogP contribution is -2.34. The van der Waals surface area contributed by atoms with Gasteiger partial charge < -0.3 is 9.88 Å². The molecule has 20 heavy (non-hydrogen) atoms. The topological polar surface area (TPSA) is 77.2 Å². The quantitative estimate of drug-likeness (QED) is 0.672. The summed E-state index contributed by atoms with van der Waals surface area (Å²) in [6.45, 7) is 4.10. The lowest BCUT2D eigenvalue weighted by Gasteiger charge is -2.12. The molecule has 6 nitrogen and oxygen atoms in total. The highest BCUT2D eigenvalue weighted by atomic mass is 16.6. The van der Waals surface area contributed by atoms with Crippen LogP contribution in [0.5, 0.6) is 0 Å². The summed E-state index contributed by atoms with van der Waals surface area (Å²) in [5.74, 6) is -0.0941. The number of hydrogen-bond acceptors (Lipinski definition) is 3. The van der Waals surface area contributed by atoms with Crippen LogP contribution in [-0.2, 0) is 11.3 Å². The molecule has 1 amide bonds. The van der Waals surface area contributed by atoms with E-state index in [2.05, 4.69) is 5.32 Å². The van der Waals surface area contributed by atoms with Crippen molar-refractivity contribution in [2.45, 2.75) is 32.9 Å². The second-order valence-electron chi connectivity index (χ2n) is 4.82. The molecule has 1 heterocycles. The summed E-state index contributed by atoms with van der Waals surface area (Å²) in [5, 5.41) is 14.6. The first-order valence-corrected chi connectivity index (χ1v) is 6.54. The van der Waals surface area contributed by atoms with E-state index in [0.29, 0.717) is 5.52 Å². The molecule has 0 aliphatic carbocycles. The number of rotatable bonds is 5. The average Bonchev–Trinajstić information content (AvgIpc) is 2.80. The van der Waals surface area contributed by atoms with Gasteiger partial charge in [0.05, 0.1) is 10.4 Å². The van der Waals surface area contributed by atoms with Gasteiger partial charge >= 0.3 is 0 Å². The smallest absolute Gasteiger partial charge is 0.271 e. The standard InChI is InChI=1S/C14H17N3O3/c1-3-10(2)15-14(18)9-16-7-6-11-4-5-12(17(19)20)8-13(11)16/h4-8,10H,3,9H2,1-2H3,(H,15,18)/t10-/m0/s1. The first-order chi connectivity index (χ1) is 9.51. The van der Waals surface area contributed by atoms with E-state index < -0.39 is 4.92 Å². The van der Waals surface area contributed by atoms with E-state index in [1.165, 1.54) is 12.1 Å².